The number of amides is 2. The summed E-state index contributed by atoms with van der Waals surface area (Å²) in [5, 5.41) is 2.69. The number of rotatable bonds is 7. The minimum absolute atomic E-state index is 0.0402. The van der Waals surface area contributed by atoms with E-state index in [0.717, 1.165) is 12.8 Å². The predicted molar refractivity (Wildman–Crippen MR) is 49.7 cm³/mol. The summed E-state index contributed by atoms with van der Waals surface area (Å²) in [5.41, 5.74) is 10.1. The number of nitrogens with two attached hydrogens (primary N) is 2. The van der Waals surface area contributed by atoms with Crippen molar-refractivity contribution in [2.45, 2.75) is 25.7 Å². The molecule has 5 heteroatoms. The Kier molecular flexibility index (Phi) is 6.91. The first-order valence-electron chi connectivity index (χ1n) is 4.42. The number of carbonyl (C=O) groups excluding carboxylic acids is 2. The summed E-state index contributed by atoms with van der Waals surface area (Å²) >= 11 is 0. The fraction of sp³-hybridized carbons (Fsp3) is 0.750. The quantitative estimate of drug-likeness (QED) is 0.451. The van der Waals surface area contributed by atoms with E-state index in [1.54, 1.807) is 0 Å². The topological polar surface area (TPSA) is 98.2 Å². The molecule has 0 aliphatic heterocycles. The minimum atomic E-state index is -0.298. The van der Waals surface area contributed by atoms with Crippen LogP contribution < -0.4 is 16.8 Å². The first-order chi connectivity index (χ1) is 6.16. The van der Waals surface area contributed by atoms with Crippen molar-refractivity contribution in [3.8, 4) is 0 Å². The van der Waals surface area contributed by atoms with Gasteiger partial charge in [0.15, 0.2) is 0 Å². The first-order valence-corrected chi connectivity index (χ1v) is 4.42. The Morgan fingerprint density at radius 2 is 1.85 bits per heavy atom. The van der Waals surface area contributed by atoms with Crippen LogP contribution in [0.4, 0.5) is 0 Å². The van der Waals surface area contributed by atoms with E-state index in [1.807, 2.05) is 0 Å². The molecule has 0 heterocycles. The summed E-state index contributed by atoms with van der Waals surface area (Å²) in [4.78, 5) is 21.2. The van der Waals surface area contributed by atoms with Crippen molar-refractivity contribution >= 4 is 11.8 Å². The Bertz CT molecular complexity index is 171. The third kappa shape index (κ3) is 8.81. The summed E-state index contributed by atoms with van der Waals surface area (Å²) < 4.78 is 0. The molecule has 0 aromatic rings. The molecule has 5 N–H and O–H groups in total. The lowest BCUT2D eigenvalue weighted by molar-refractivity contribution is -0.120. The average molecular weight is 187 g/mol. The fourth-order valence-electron chi connectivity index (χ4n) is 0.872. The van der Waals surface area contributed by atoms with Crippen LogP contribution in [-0.4, -0.2) is 24.9 Å². The maximum atomic E-state index is 10.9. The molecule has 0 radical (unpaired) electrons. The molecule has 0 rings (SSSR count). The van der Waals surface area contributed by atoms with E-state index in [-0.39, 0.29) is 11.8 Å². The molecule has 0 fully saturated rings. The van der Waals surface area contributed by atoms with Gasteiger partial charge in [0.05, 0.1) is 0 Å². The van der Waals surface area contributed by atoms with E-state index in [9.17, 15) is 9.59 Å². The summed E-state index contributed by atoms with van der Waals surface area (Å²) in [6, 6.07) is 0. The second-order valence-electron chi connectivity index (χ2n) is 2.81. The lowest BCUT2D eigenvalue weighted by Crippen LogP contribution is -2.26. The fourth-order valence-corrected chi connectivity index (χ4v) is 0.872. The van der Waals surface area contributed by atoms with Gasteiger partial charge in [0, 0.05) is 25.9 Å². The van der Waals surface area contributed by atoms with E-state index in [2.05, 4.69) is 5.32 Å². The van der Waals surface area contributed by atoms with Crippen LogP contribution in [0.3, 0.4) is 0 Å². The van der Waals surface area contributed by atoms with Crippen molar-refractivity contribution in [1.29, 1.82) is 0 Å². The van der Waals surface area contributed by atoms with Crippen LogP contribution in [0.1, 0.15) is 25.7 Å². The number of hydrogen-bond acceptors (Lipinski definition) is 3. The van der Waals surface area contributed by atoms with E-state index in [4.69, 9.17) is 11.5 Å². The minimum Gasteiger partial charge on any atom is -0.370 e. The van der Waals surface area contributed by atoms with Crippen LogP contribution in [0.25, 0.3) is 0 Å². The molecule has 0 aliphatic rings. The van der Waals surface area contributed by atoms with Crippen LogP contribution in [0.15, 0.2) is 0 Å². The van der Waals surface area contributed by atoms with Gasteiger partial charge < -0.3 is 16.8 Å². The van der Waals surface area contributed by atoms with Crippen LogP contribution in [0, 0.1) is 0 Å². The van der Waals surface area contributed by atoms with Crippen molar-refractivity contribution in [1.82, 2.24) is 5.32 Å². The molecule has 0 aromatic heterocycles. The number of unbranched alkanes of at least 4 members (excludes halogenated alkanes) is 1. The smallest absolute Gasteiger partial charge is 0.221 e. The van der Waals surface area contributed by atoms with Crippen molar-refractivity contribution < 1.29 is 9.59 Å². The molecular weight excluding hydrogens is 170 g/mol. The largest absolute Gasteiger partial charge is 0.370 e. The molecule has 0 spiro atoms. The Labute approximate surface area is 77.8 Å². The van der Waals surface area contributed by atoms with Crippen LogP contribution in [0.5, 0.6) is 0 Å². The van der Waals surface area contributed by atoms with Gasteiger partial charge in [-0.2, -0.15) is 0 Å². The highest BCUT2D eigenvalue weighted by atomic mass is 16.1. The lowest BCUT2D eigenvalue weighted by Gasteiger charge is -2.02. The normalized spacial score (nSPS) is 9.62. The molecular formula is C8H17N3O2. The van der Waals surface area contributed by atoms with Crippen molar-refractivity contribution in [2.75, 3.05) is 13.1 Å². The molecule has 0 aliphatic carbocycles. The molecule has 0 atom stereocenters. The zero-order valence-electron chi connectivity index (χ0n) is 7.71. The molecule has 5 nitrogen and oxygen atoms in total. The Morgan fingerprint density at radius 3 is 2.38 bits per heavy atom. The van der Waals surface area contributed by atoms with Gasteiger partial charge in [0.1, 0.15) is 0 Å². The SMILES string of the molecule is NCCC(=O)NCCCCC(N)=O. The van der Waals surface area contributed by atoms with Crippen molar-refractivity contribution in [2.24, 2.45) is 11.5 Å². The molecule has 76 valence electrons. The molecule has 0 aromatic carbocycles. The summed E-state index contributed by atoms with van der Waals surface area (Å²) in [7, 11) is 0. The lowest BCUT2D eigenvalue weighted by atomic mass is 10.2. The van der Waals surface area contributed by atoms with Gasteiger partial charge >= 0.3 is 0 Å². The van der Waals surface area contributed by atoms with E-state index < -0.39 is 0 Å². The standard InChI is InChI=1S/C8H17N3O2/c9-5-4-8(13)11-6-2-1-3-7(10)12/h1-6,9H2,(H2,10,12)(H,11,13). The van der Waals surface area contributed by atoms with Crippen LogP contribution in [-0.2, 0) is 9.59 Å². The monoisotopic (exact) mass is 187 g/mol. The predicted octanol–water partition coefficient (Wildman–Crippen LogP) is -0.893. The number of hydrogen-bond donors (Lipinski definition) is 3. The second kappa shape index (κ2) is 7.54. The summed E-state index contributed by atoms with van der Waals surface area (Å²) in [6.07, 6.45) is 2.24. The Hall–Kier alpha value is -1.10. The molecule has 0 bridgehead atoms. The third-order valence-electron chi connectivity index (χ3n) is 1.54. The van der Waals surface area contributed by atoms with Gasteiger partial charge in [0.25, 0.3) is 0 Å². The molecule has 0 unspecified atom stereocenters. The molecule has 2 amide bonds. The maximum absolute atomic E-state index is 10.9. The van der Waals surface area contributed by atoms with Gasteiger partial charge in [-0.1, -0.05) is 0 Å². The van der Waals surface area contributed by atoms with Gasteiger partial charge in [-0.25, -0.2) is 0 Å². The van der Waals surface area contributed by atoms with Gasteiger partial charge in [-0.15, -0.1) is 0 Å². The van der Waals surface area contributed by atoms with Crippen molar-refractivity contribution in [3.05, 3.63) is 0 Å². The zero-order chi connectivity index (χ0) is 10.1. The van der Waals surface area contributed by atoms with Gasteiger partial charge in [-0.3, -0.25) is 9.59 Å². The highest BCUT2D eigenvalue weighted by molar-refractivity contribution is 5.76. The number of carbonyl (C=O) groups is 2. The highest BCUT2D eigenvalue weighted by Crippen LogP contribution is 1.92. The Morgan fingerprint density at radius 1 is 1.15 bits per heavy atom. The number of nitrogens with one attached hydrogen (secondary N) is 1. The van der Waals surface area contributed by atoms with E-state index in [0.29, 0.717) is 25.9 Å². The first kappa shape index (κ1) is 11.9. The van der Waals surface area contributed by atoms with Gasteiger partial charge in [0.2, 0.25) is 11.8 Å². The molecule has 0 saturated heterocycles. The maximum Gasteiger partial charge on any atom is 0.221 e. The summed E-state index contributed by atoms with van der Waals surface area (Å²) in [5.74, 6) is -0.338. The average Bonchev–Trinajstić information content (AvgIpc) is 2.03. The van der Waals surface area contributed by atoms with Gasteiger partial charge in [-0.05, 0) is 12.8 Å². The van der Waals surface area contributed by atoms with E-state index >= 15 is 0 Å². The highest BCUT2D eigenvalue weighted by Gasteiger charge is 1.98. The molecule has 0 saturated carbocycles. The van der Waals surface area contributed by atoms with Crippen LogP contribution in [0.2, 0.25) is 0 Å². The van der Waals surface area contributed by atoms with Crippen LogP contribution >= 0.6 is 0 Å². The summed E-state index contributed by atoms with van der Waals surface area (Å²) in [6.45, 7) is 0.958. The third-order valence-corrected chi connectivity index (χ3v) is 1.54. The molecule has 13 heavy (non-hydrogen) atoms. The zero-order valence-corrected chi connectivity index (χ0v) is 7.71. The van der Waals surface area contributed by atoms with E-state index in [1.165, 1.54) is 0 Å². The number of primary amides is 1. The Balaban J connectivity index is 3.16. The second-order valence-corrected chi connectivity index (χ2v) is 2.81. The van der Waals surface area contributed by atoms with Crippen molar-refractivity contribution in [3.63, 3.8) is 0 Å².